The minimum absolute atomic E-state index is 0.191. The Morgan fingerprint density at radius 3 is 2.37 bits per heavy atom. The fourth-order valence-corrected chi connectivity index (χ4v) is 4.55. The highest BCUT2D eigenvalue weighted by atomic mass is 16.5. The third-order valence-electron chi connectivity index (χ3n) is 6.41. The summed E-state index contributed by atoms with van der Waals surface area (Å²) >= 11 is 0. The van der Waals surface area contributed by atoms with Crippen LogP contribution in [0.3, 0.4) is 0 Å². The topological polar surface area (TPSA) is 32.8 Å². The van der Waals surface area contributed by atoms with Crippen LogP contribution in [-0.4, -0.2) is 54.6 Å². The van der Waals surface area contributed by atoms with Gasteiger partial charge in [-0.1, -0.05) is 56.2 Å². The maximum Gasteiger partial charge on any atom is 0.226 e. The molecule has 3 aliphatic rings. The van der Waals surface area contributed by atoms with E-state index in [2.05, 4.69) is 40.6 Å². The van der Waals surface area contributed by atoms with Gasteiger partial charge in [0.05, 0.1) is 12.7 Å². The Morgan fingerprint density at radius 1 is 1.00 bits per heavy atom. The second kappa shape index (κ2) is 8.47. The zero-order valence-electron chi connectivity index (χ0n) is 16.3. The van der Waals surface area contributed by atoms with Crippen LogP contribution in [0, 0.1) is 5.92 Å². The molecule has 2 saturated carbocycles. The van der Waals surface area contributed by atoms with Crippen LogP contribution in [-0.2, 0) is 9.53 Å². The van der Waals surface area contributed by atoms with Gasteiger partial charge in [-0.3, -0.25) is 4.79 Å². The molecule has 4 nitrogen and oxygen atoms in total. The van der Waals surface area contributed by atoms with Crippen LogP contribution in [0.1, 0.15) is 50.0 Å². The summed E-state index contributed by atoms with van der Waals surface area (Å²) in [6.07, 6.45) is 7.75. The maximum atomic E-state index is 12.8. The summed E-state index contributed by atoms with van der Waals surface area (Å²) in [5.41, 5.74) is 2.38. The second-order valence-electron chi connectivity index (χ2n) is 8.31. The Labute approximate surface area is 163 Å². The van der Waals surface area contributed by atoms with Crippen LogP contribution < -0.4 is 0 Å². The van der Waals surface area contributed by atoms with Gasteiger partial charge in [-0.2, -0.15) is 0 Å². The Kier molecular flexibility index (Phi) is 5.82. The van der Waals surface area contributed by atoms with E-state index in [-0.39, 0.29) is 5.92 Å². The Bertz CT molecular complexity index is 646. The Morgan fingerprint density at radius 2 is 1.67 bits per heavy atom. The van der Waals surface area contributed by atoms with Gasteiger partial charge in [0.2, 0.25) is 5.91 Å². The van der Waals surface area contributed by atoms with Gasteiger partial charge in [0.25, 0.3) is 0 Å². The number of benzene rings is 1. The fraction of sp³-hybridized carbons (Fsp3) is 0.609. The molecule has 0 spiro atoms. The third kappa shape index (κ3) is 4.55. The van der Waals surface area contributed by atoms with E-state index < -0.39 is 0 Å². The van der Waals surface area contributed by atoms with E-state index in [1.165, 1.54) is 37.7 Å². The van der Waals surface area contributed by atoms with E-state index in [1.54, 1.807) is 0 Å². The van der Waals surface area contributed by atoms with Gasteiger partial charge in [0.1, 0.15) is 0 Å². The molecule has 146 valence electrons. The zero-order chi connectivity index (χ0) is 18.6. The lowest BCUT2D eigenvalue weighted by molar-refractivity contribution is -0.134. The molecule has 1 saturated heterocycles. The van der Waals surface area contributed by atoms with Gasteiger partial charge >= 0.3 is 0 Å². The molecule has 3 fully saturated rings. The van der Waals surface area contributed by atoms with Crippen molar-refractivity contribution >= 4 is 5.91 Å². The van der Waals surface area contributed by atoms with E-state index >= 15 is 0 Å². The summed E-state index contributed by atoms with van der Waals surface area (Å²) in [6.45, 7) is 8.23. The molecular weight excluding hydrogens is 336 g/mol. The van der Waals surface area contributed by atoms with E-state index in [1.807, 2.05) is 6.07 Å². The van der Waals surface area contributed by atoms with Crippen LogP contribution >= 0.6 is 0 Å². The molecular formula is C23H32N2O2. The highest BCUT2D eigenvalue weighted by Gasteiger charge is 2.46. The normalized spacial score (nSPS) is 26.1. The van der Waals surface area contributed by atoms with Crippen molar-refractivity contribution in [2.45, 2.75) is 50.5 Å². The molecule has 0 aromatic heterocycles. The molecule has 0 N–H and O–H groups in total. The number of rotatable bonds is 6. The van der Waals surface area contributed by atoms with Gasteiger partial charge in [0, 0.05) is 37.8 Å². The smallest absolute Gasteiger partial charge is 0.226 e. The number of piperazine rings is 1. The standard InChI is InChI=1S/C23H32N2O2/c1-18(17-27-20-10-6-3-7-11-20)24-12-14-25(15-13-24)23(26)22-16-21(22)19-8-4-2-5-9-19/h2,4-5,8-9,20-22H,1,3,6-7,10-17H2. The first kappa shape index (κ1) is 18.5. The summed E-state index contributed by atoms with van der Waals surface area (Å²) in [7, 11) is 0. The SMILES string of the molecule is C=C(COC1CCCCC1)N1CCN(C(=O)C2CC2c2ccccc2)CC1. The lowest BCUT2D eigenvalue weighted by Crippen LogP contribution is -2.49. The molecule has 0 radical (unpaired) electrons. The molecule has 0 bridgehead atoms. The summed E-state index contributed by atoms with van der Waals surface area (Å²) in [6, 6.07) is 10.5. The largest absolute Gasteiger partial charge is 0.372 e. The van der Waals surface area contributed by atoms with Crippen molar-refractivity contribution in [3.05, 3.63) is 48.2 Å². The number of carbonyl (C=O) groups excluding carboxylic acids is 1. The summed E-state index contributed by atoms with van der Waals surface area (Å²) in [5.74, 6) is 0.958. The number of hydrogen-bond donors (Lipinski definition) is 0. The van der Waals surface area contributed by atoms with Crippen molar-refractivity contribution in [3.63, 3.8) is 0 Å². The van der Waals surface area contributed by atoms with E-state index in [4.69, 9.17) is 4.74 Å². The maximum absolute atomic E-state index is 12.8. The summed E-state index contributed by atoms with van der Waals surface area (Å²) < 4.78 is 6.06. The van der Waals surface area contributed by atoms with E-state index in [0.29, 0.717) is 24.5 Å². The molecule has 2 atom stereocenters. The van der Waals surface area contributed by atoms with Gasteiger partial charge in [-0.25, -0.2) is 0 Å². The van der Waals surface area contributed by atoms with Crippen molar-refractivity contribution < 1.29 is 9.53 Å². The molecule has 4 heteroatoms. The average molecular weight is 369 g/mol. The molecule has 1 aliphatic heterocycles. The molecule has 1 aromatic carbocycles. The predicted molar refractivity (Wildman–Crippen MR) is 107 cm³/mol. The first-order valence-corrected chi connectivity index (χ1v) is 10.6. The number of hydrogen-bond acceptors (Lipinski definition) is 3. The minimum atomic E-state index is 0.191. The zero-order valence-corrected chi connectivity index (χ0v) is 16.3. The molecule has 1 amide bonds. The number of nitrogens with zero attached hydrogens (tertiary/aromatic N) is 2. The van der Waals surface area contributed by atoms with Gasteiger partial charge in [-0.15, -0.1) is 0 Å². The van der Waals surface area contributed by atoms with Crippen LogP contribution in [0.15, 0.2) is 42.6 Å². The van der Waals surface area contributed by atoms with Crippen molar-refractivity contribution in [1.29, 1.82) is 0 Å². The molecule has 1 aromatic rings. The monoisotopic (exact) mass is 368 g/mol. The van der Waals surface area contributed by atoms with Crippen LogP contribution in [0.25, 0.3) is 0 Å². The van der Waals surface area contributed by atoms with Crippen LogP contribution in [0.2, 0.25) is 0 Å². The first-order valence-electron chi connectivity index (χ1n) is 10.6. The van der Waals surface area contributed by atoms with Crippen molar-refractivity contribution in [2.75, 3.05) is 32.8 Å². The number of carbonyl (C=O) groups is 1. The van der Waals surface area contributed by atoms with E-state index in [9.17, 15) is 4.79 Å². The average Bonchev–Trinajstić information content (AvgIpc) is 3.54. The van der Waals surface area contributed by atoms with Gasteiger partial charge in [0.15, 0.2) is 0 Å². The molecule has 2 unspecified atom stereocenters. The van der Waals surface area contributed by atoms with E-state index in [0.717, 1.165) is 38.3 Å². The summed E-state index contributed by atoms with van der Waals surface area (Å²) in [4.78, 5) is 17.2. The highest BCUT2D eigenvalue weighted by Crippen LogP contribution is 2.48. The predicted octanol–water partition coefficient (Wildman–Crippen LogP) is 3.80. The highest BCUT2D eigenvalue weighted by molar-refractivity contribution is 5.83. The Balaban J connectivity index is 1.20. The minimum Gasteiger partial charge on any atom is -0.372 e. The Hall–Kier alpha value is -1.81. The lowest BCUT2D eigenvalue weighted by atomic mass is 9.98. The molecule has 1 heterocycles. The van der Waals surface area contributed by atoms with Gasteiger partial charge in [-0.05, 0) is 30.7 Å². The first-order chi connectivity index (χ1) is 13.2. The van der Waals surface area contributed by atoms with Crippen molar-refractivity contribution in [3.8, 4) is 0 Å². The second-order valence-corrected chi connectivity index (χ2v) is 8.31. The molecule has 27 heavy (non-hydrogen) atoms. The van der Waals surface area contributed by atoms with Crippen molar-refractivity contribution in [1.82, 2.24) is 9.80 Å². The lowest BCUT2D eigenvalue weighted by Gasteiger charge is -2.37. The van der Waals surface area contributed by atoms with Gasteiger partial charge < -0.3 is 14.5 Å². The van der Waals surface area contributed by atoms with Crippen LogP contribution in [0.5, 0.6) is 0 Å². The summed E-state index contributed by atoms with van der Waals surface area (Å²) in [5, 5.41) is 0. The quantitative estimate of drug-likeness (QED) is 0.766. The number of amides is 1. The molecule has 2 aliphatic carbocycles. The number of ether oxygens (including phenoxy) is 1. The fourth-order valence-electron chi connectivity index (χ4n) is 4.55. The van der Waals surface area contributed by atoms with Crippen LogP contribution in [0.4, 0.5) is 0 Å². The van der Waals surface area contributed by atoms with Crippen molar-refractivity contribution in [2.24, 2.45) is 5.92 Å². The third-order valence-corrected chi connectivity index (χ3v) is 6.41. The molecule has 4 rings (SSSR count).